The molecule has 1 atom stereocenters. The molecule has 0 aliphatic heterocycles. The maximum atomic E-state index is 3.54. The van der Waals surface area contributed by atoms with E-state index in [9.17, 15) is 0 Å². The Bertz CT molecular complexity index is 470. The average molecular weight is 381 g/mol. The fraction of sp³-hybridized carbons (Fsp3) is 0.273. The van der Waals surface area contributed by atoms with Gasteiger partial charge in [0.05, 0.1) is 9.83 Å². The smallest absolute Gasteiger partial charge is 0.0843 e. The monoisotopic (exact) mass is 379 g/mol. The molecule has 1 N–H and O–H groups in total. The van der Waals surface area contributed by atoms with Gasteiger partial charge in [-0.2, -0.15) is 0 Å². The lowest BCUT2D eigenvalue weighted by Gasteiger charge is -2.12. The largest absolute Gasteiger partial charge is 0.309 e. The number of hydrogen-bond acceptors (Lipinski definition) is 3. The Hall–Kier alpha value is 0.320. The molecule has 2 rings (SSSR count). The Balaban J connectivity index is 2.36. The zero-order valence-corrected chi connectivity index (χ0v) is 13.7. The summed E-state index contributed by atoms with van der Waals surface area (Å²) in [4.78, 5) is 2.67. The zero-order chi connectivity index (χ0) is 11.7. The maximum Gasteiger partial charge on any atom is 0.0843 e. The summed E-state index contributed by atoms with van der Waals surface area (Å²) in [6, 6.07) is 4.70. The summed E-state index contributed by atoms with van der Waals surface area (Å²) in [5.74, 6) is 0. The summed E-state index contributed by atoms with van der Waals surface area (Å²) in [5, 5.41) is 5.58. The molecule has 5 heteroatoms. The highest BCUT2D eigenvalue weighted by Gasteiger charge is 2.16. The molecule has 0 saturated heterocycles. The van der Waals surface area contributed by atoms with Crippen LogP contribution in [0.3, 0.4) is 0 Å². The van der Waals surface area contributed by atoms with Gasteiger partial charge >= 0.3 is 0 Å². The second kappa shape index (κ2) is 5.31. The van der Waals surface area contributed by atoms with E-state index in [-0.39, 0.29) is 6.04 Å². The number of halogens is 2. The molecule has 0 saturated carbocycles. The van der Waals surface area contributed by atoms with Gasteiger partial charge in [0.1, 0.15) is 0 Å². The van der Waals surface area contributed by atoms with Crippen LogP contribution in [0, 0.1) is 6.92 Å². The third-order valence-electron chi connectivity index (χ3n) is 2.32. The first-order chi connectivity index (χ1) is 7.61. The van der Waals surface area contributed by atoms with E-state index in [1.165, 1.54) is 15.3 Å². The van der Waals surface area contributed by atoms with E-state index in [4.69, 9.17) is 0 Å². The zero-order valence-electron chi connectivity index (χ0n) is 8.88. The minimum Gasteiger partial charge on any atom is -0.309 e. The highest BCUT2D eigenvalue weighted by atomic mass is 79.9. The fourth-order valence-electron chi connectivity index (χ4n) is 1.59. The summed E-state index contributed by atoms with van der Waals surface area (Å²) in [6.45, 7) is 2.14. The molecular weight excluding hydrogens is 370 g/mol. The van der Waals surface area contributed by atoms with Gasteiger partial charge in [-0.05, 0) is 68.9 Å². The third kappa shape index (κ3) is 2.59. The van der Waals surface area contributed by atoms with Gasteiger partial charge in [-0.1, -0.05) is 0 Å². The second-order valence-corrected chi connectivity index (χ2v) is 7.85. The van der Waals surface area contributed by atoms with E-state index in [1.54, 1.807) is 22.7 Å². The van der Waals surface area contributed by atoms with Crippen LogP contribution in [0.15, 0.2) is 25.8 Å². The van der Waals surface area contributed by atoms with E-state index < -0.39 is 0 Å². The molecule has 2 aromatic heterocycles. The molecule has 86 valence electrons. The van der Waals surface area contributed by atoms with E-state index >= 15 is 0 Å². The fourth-order valence-corrected chi connectivity index (χ4v) is 4.55. The van der Waals surface area contributed by atoms with Gasteiger partial charge in [0.2, 0.25) is 0 Å². The molecule has 0 fully saturated rings. The third-order valence-corrected chi connectivity index (χ3v) is 6.52. The minimum atomic E-state index is 0.289. The Kier molecular flexibility index (Phi) is 4.24. The van der Waals surface area contributed by atoms with Crippen molar-refractivity contribution in [3.05, 3.63) is 41.1 Å². The number of rotatable bonds is 3. The summed E-state index contributed by atoms with van der Waals surface area (Å²) in [6.07, 6.45) is 0. The molecular formula is C11H11Br2NS2. The molecule has 0 radical (unpaired) electrons. The quantitative estimate of drug-likeness (QED) is 0.793. The average Bonchev–Trinajstić information content (AvgIpc) is 2.77. The van der Waals surface area contributed by atoms with Crippen molar-refractivity contribution in [2.45, 2.75) is 13.0 Å². The molecule has 16 heavy (non-hydrogen) atoms. The first-order valence-corrected chi connectivity index (χ1v) is 8.07. The van der Waals surface area contributed by atoms with E-state index in [0.29, 0.717) is 0 Å². The van der Waals surface area contributed by atoms with Gasteiger partial charge < -0.3 is 5.32 Å². The van der Waals surface area contributed by atoms with Gasteiger partial charge in [0.15, 0.2) is 0 Å². The number of thiophene rings is 2. The lowest BCUT2D eigenvalue weighted by molar-refractivity contribution is 0.706. The number of nitrogens with one attached hydrogen (secondary N) is 1. The van der Waals surface area contributed by atoms with E-state index in [2.05, 4.69) is 61.6 Å². The Morgan fingerprint density at radius 3 is 2.50 bits per heavy atom. The van der Waals surface area contributed by atoms with Crippen molar-refractivity contribution >= 4 is 54.5 Å². The standard InChI is InChI=1S/C11H11Br2NS2/c1-6-3-7(5-15-6)10(14-2)9-4-8(12)11(13)16-9/h3-5,10,14H,1-2H3. The molecule has 0 spiro atoms. The molecule has 1 unspecified atom stereocenters. The first kappa shape index (κ1) is 12.8. The van der Waals surface area contributed by atoms with Crippen molar-refractivity contribution in [1.29, 1.82) is 0 Å². The van der Waals surface area contributed by atoms with Crippen LogP contribution in [0.25, 0.3) is 0 Å². The van der Waals surface area contributed by atoms with E-state index in [0.717, 1.165) is 8.26 Å². The van der Waals surface area contributed by atoms with Crippen LogP contribution in [0.2, 0.25) is 0 Å². The lowest BCUT2D eigenvalue weighted by Crippen LogP contribution is -2.15. The van der Waals surface area contributed by atoms with Gasteiger partial charge in [-0.25, -0.2) is 0 Å². The highest BCUT2D eigenvalue weighted by Crippen LogP contribution is 2.38. The minimum absolute atomic E-state index is 0.289. The summed E-state index contributed by atoms with van der Waals surface area (Å²) >= 11 is 10.6. The van der Waals surface area contributed by atoms with Crippen LogP contribution >= 0.6 is 54.5 Å². The van der Waals surface area contributed by atoms with Crippen molar-refractivity contribution in [3.8, 4) is 0 Å². The van der Waals surface area contributed by atoms with Crippen LogP contribution in [0.1, 0.15) is 21.4 Å². The second-order valence-electron chi connectivity index (χ2n) is 3.48. The van der Waals surface area contributed by atoms with Crippen molar-refractivity contribution in [1.82, 2.24) is 5.32 Å². The van der Waals surface area contributed by atoms with E-state index in [1.807, 2.05) is 7.05 Å². The number of aryl methyl sites for hydroxylation is 1. The highest BCUT2D eigenvalue weighted by molar-refractivity contribution is 9.13. The lowest BCUT2D eigenvalue weighted by atomic mass is 10.1. The van der Waals surface area contributed by atoms with Crippen molar-refractivity contribution in [2.75, 3.05) is 7.05 Å². The summed E-state index contributed by atoms with van der Waals surface area (Å²) in [7, 11) is 2.00. The van der Waals surface area contributed by atoms with Gasteiger partial charge in [0.25, 0.3) is 0 Å². The SMILES string of the molecule is CNC(c1csc(C)c1)c1cc(Br)c(Br)s1. The molecule has 0 aromatic carbocycles. The molecule has 0 bridgehead atoms. The van der Waals surface area contributed by atoms with Crippen LogP contribution in [0.4, 0.5) is 0 Å². The Morgan fingerprint density at radius 2 is 2.06 bits per heavy atom. The Morgan fingerprint density at radius 1 is 1.31 bits per heavy atom. The first-order valence-electron chi connectivity index (χ1n) is 4.79. The normalized spacial score (nSPS) is 13.0. The van der Waals surface area contributed by atoms with Gasteiger partial charge in [0, 0.05) is 14.2 Å². The van der Waals surface area contributed by atoms with Crippen LogP contribution in [0.5, 0.6) is 0 Å². The van der Waals surface area contributed by atoms with Crippen molar-refractivity contribution < 1.29 is 0 Å². The predicted molar refractivity (Wildman–Crippen MR) is 79.7 cm³/mol. The molecule has 0 aliphatic carbocycles. The van der Waals surface area contributed by atoms with Gasteiger partial charge in [-0.15, -0.1) is 22.7 Å². The molecule has 2 heterocycles. The summed E-state index contributed by atoms with van der Waals surface area (Å²) in [5.41, 5.74) is 1.34. The van der Waals surface area contributed by atoms with Crippen molar-refractivity contribution in [3.63, 3.8) is 0 Å². The molecule has 0 aliphatic rings. The topological polar surface area (TPSA) is 12.0 Å². The molecule has 2 aromatic rings. The molecule has 0 amide bonds. The predicted octanol–water partition coefficient (Wildman–Crippen LogP) is 4.95. The molecule has 1 nitrogen and oxygen atoms in total. The van der Waals surface area contributed by atoms with Crippen LogP contribution in [-0.4, -0.2) is 7.05 Å². The number of hydrogen-bond donors (Lipinski definition) is 1. The van der Waals surface area contributed by atoms with Gasteiger partial charge in [-0.3, -0.25) is 0 Å². The Labute approximate surface area is 120 Å². The maximum absolute atomic E-state index is 3.54. The summed E-state index contributed by atoms with van der Waals surface area (Å²) < 4.78 is 2.27. The van der Waals surface area contributed by atoms with Crippen molar-refractivity contribution in [2.24, 2.45) is 0 Å². The van der Waals surface area contributed by atoms with Crippen LogP contribution < -0.4 is 5.32 Å². The van der Waals surface area contributed by atoms with Crippen LogP contribution in [-0.2, 0) is 0 Å².